The fraction of sp³-hybridized carbons (Fsp3) is 0.269. The van der Waals surface area contributed by atoms with Gasteiger partial charge in [0.05, 0.1) is 15.9 Å². The molecule has 1 atom stereocenters. The quantitative estimate of drug-likeness (QED) is 0.280. The van der Waals surface area contributed by atoms with E-state index in [0.29, 0.717) is 17.9 Å². The van der Waals surface area contributed by atoms with Gasteiger partial charge in [-0.25, -0.2) is 18.4 Å². The van der Waals surface area contributed by atoms with E-state index in [2.05, 4.69) is 5.32 Å². The third kappa shape index (κ3) is 5.85. The highest BCUT2D eigenvalue weighted by Gasteiger charge is 2.13. The number of nitrogens with two attached hydrogens (primary N) is 1. The minimum atomic E-state index is -3.67. The Balaban J connectivity index is 1.24. The minimum Gasteiger partial charge on any atom is -0.491 e. The summed E-state index contributed by atoms with van der Waals surface area (Å²) in [6.45, 7) is 1.50. The third-order valence-corrected chi connectivity index (χ3v) is 7.11. The molecule has 190 valence electrons. The van der Waals surface area contributed by atoms with E-state index >= 15 is 0 Å². The Kier molecular flexibility index (Phi) is 7.60. The van der Waals surface area contributed by atoms with Crippen molar-refractivity contribution in [1.29, 1.82) is 0 Å². The Bertz CT molecular complexity index is 1510. The van der Waals surface area contributed by atoms with E-state index in [1.165, 1.54) is 12.1 Å². The second-order valence-corrected chi connectivity index (χ2v) is 10.3. The summed E-state index contributed by atoms with van der Waals surface area (Å²) >= 11 is 0. The van der Waals surface area contributed by atoms with Gasteiger partial charge in [-0.15, -0.1) is 0 Å². The molecule has 0 aliphatic rings. The number of aromatic nitrogens is 2. The van der Waals surface area contributed by atoms with E-state index < -0.39 is 16.1 Å². The van der Waals surface area contributed by atoms with Gasteiger partial charge >= 0.3 is 5.69 Å². The molecule has 0 fully saturated rings. The average Bonchev–Trinajstić information content (AvgIpc) is 3.09. The summed E-state index contributed by atoms with van der Waals surface area (Å²) in [5, 5.41) is 19.1. The summed E-state index contributed by atoms with van der Waals surface area (Å²) in [7, 11) is -0.237. The monoisotopic (exact) mass is 510 g/mol. The third-order valence-electron chi connectivity index (χ3n) is 6.18. The summed E-state index contributed by atoms with van der Waals surface area (Å²) in [6.07, 6.45) is -0.0718. The van der Waals surface area contributed by atoms with Crippen LogP contribution in [0.25, 0.3) is 11.0 Å². The standard InChI is InChI=1S/C26H30N4O5S/c1-29-23-12-7-20(15-24(23)30(2)26(29)32)25(31)17-35-21-8-3-19(4-9-21)16-28-14-13-18-5-10-22(11-6-18)36(27,33)34/h3-12,15,25,28,31H,13-14,16-17H2,1-2H3,(H2,27,33,34)/t25-/m0/s1. The van der Waals surface area contributed by atoms with E-state index in [1.54, 1.807) is 41.4 Å². The molecule has 4 rings (SSSR count). The van der Waals surface area contributed by atoms with Crippen molar-refractivity contribution in [3.63, 3.8) is 0 Å². The number of primary sulfonamides is 1. The Hall–Kier alpha value is -3.44. The summed E-state index contributed by atoms with van der Waals surface area (Å²) in [6, 6.07) is 19.7. The molecule has 1 aromatic heterocycles. The van der Waals surface area contributed by atoms with Crippen LogP contribution >= 0.6 is 0 Å². The van der Waals surface area contributed by atoms with Crippen LogP contribution in [-0.2, 0) is 37.1 Å². The fourth-order valence-corrected chi connectivity index (χ4v) is 4.53. The van der Waals surface area contributed by atoms with Gasteiger partial charge in [0.1, 0.15) is 18.5 Å². The normalized spacial score (nSPS) is 12.7. The van der Waals surface area contributed by atoms with Crippen LogP contribution in [0, 0.1) is 0 Å². The molecule has 0 aliphatic heterocycles. The molecule has 0 saturated carbocycles. The molecule has 0 radical (unpaired) electrons. The molecular formula is C26H30N4O5S. The van der Waals surface area contributed by atoms with Crippen molar-refractivity contribution in [2.24, 2.45) is 19.2 Å². The van der Waals surface area contributed by atoms with Crippen molar-refractivity contribution >= 4 is 21.1 Å². The predicted molar refractivity (Wildman–Crippen MR) is 138 cm³/mol. The van der Waals surface area contributed by atoms with Crippen LogP contribution in [0.2, 0.25) is 0 Å². The molecule has 0 aliphatic carbocycles. The number of sulfonamides is 1. The molecule has 4 N–H and O–H groups in total. The first-order valence-electron chi connectivity index (χ1n) is 11.5. The Morgan fingerprint density at radius 1 is 0.944 bits per heavy atom. The van der Waals surface area contributed by atoms with Crippen molar-refractivity contribution < 1.29 is 18.3 Å². The molecule has 0 amide bonds. The Morgan fingerprint density at radius 2 is 1.58 bits per heavy atom. The lowest BCUT2D eigenvalue weighted by molar-refractivity contribution is 0.108. The topological polar surface area (TPSA) is 129 Å². The highest BCUT2D eigenvalue weighted by atomic mass is 32.2. The van der Waals surface area contributed by atoms with Crippen LogP contribution in [-0.4, -0.2) is 35.8 Å². The molecule has 9 nitrogen and oxygen atoms in total. The Morgan fingerprint density at radius 3 is 2.25 bits per heavy atom. The minimum absolute atomic E-state index is 0.0914. The van der Waals surface area contributed by atoms with Crippen LogP contribution in [0.5, 0.6) is 5.75 Å². The number of nitrogens with one attached hydrogen (secondary N) is 1. The van der Waals surface area contributed by atoms with Crippen molar-refractivity contribution in [2.45, 2.75) is 24.0 Å². The summed E-state index contributed by atoms with van der Waals surface area (Å²) in [5.74, 6) is 0.654. The number of benzene rings is 3. The van der Waals surface area contributed by atoms with E-state index in [1.807, 2.05) is 36.4 Å². The molecule has 36 heavy (non-hydrogen) atoms. The number of nitrogens with zero attached hydrogens (tertiary/aromatic N) is 2. The van der Waals surface area contributed by atoms with Gasteiger partial charge in [-0.05, 0) is 66.1 Å². The lowest BCUT2D eigenvalue weighted by Crippen LogP contribution is -2.19. The van der Waals surface area contributed by atoms with E-state index in [0.717, 1.165) is 35.1 Å². The molecule has 0 spiro atoms. The molecule has 0 bridgehead atoms. The largest absolute Gasteiger partial charge is 0.491 e. The zero-order valence-electron chi connectivity index (χ0n) is 20.2. The maximum absolute atomic E-state index is 12.1. The smallest absolute Gasteiger partial charge is 0.328 e. The number of fused-ring (bicyclic) bond motifs is 1. The molecule has 0 unspecified atom stereocenters. The number of hydrogen-bond acceptors (Lipinski definition) is 6. The number of aliphatic hydroxyl groups is 1. The van der Waals surface area contributed by atoms with Gasteiger partial charge < -0.3 is 15.2 Å². The number of aryl methyl sites for hydroxylation is 2. The zero-order chi connectivity index (χ0) is 25.9. The van der Waals surface area contributed by atoms with Crippen LogP contribution in [0.4, 0.5) is 0 Å². The number of imidazole rings is 1. The summed E-state index contributed by atoms with van der Waals surface area (Å²) in [5.41, 5.74) is 4.25. The highest BCUT2D eigenvalue weighted by Crippen LogP contribution is 2.21. The first kappa shape index (κ1) is 25.6. The molecule has 0 saturated heterocycles. The SMILES string of the molecule is Cn1c(=O)n(C)c2cc([C@@H](O)COc3ccc(CNCCc4ccc(S(N)(=O)=O)cc4)cc3)ccc21. The molecule has 10 heteroatoms. The first-order valence-corrected chi connectivity index (χ1v) is 13.1. The van der Waals surface area contributed by atoms with Crippen molar-refractivity contribution in [2.75, 3.05) is 13.2 Å². The maximum atomic E-state index is 12.1. The average molecular weight is 511 g/mol. The van der Waals surface area contributed by atoms with Gasteiger partial charge in [-0.3, -0.25) is 9.13 Å². The van der Waals surface area contributed by atoms with E-state index in [-0.39, 0.29) is 17.2 Å². The van der Waals surface area contributed by atoms with Crippen molar-refractivity contribution in [3.05, 3.63) is 93.9 Å². The van der Waals surface area contributed by atoms with E-state index in [4.69, 9.17) is 9.88 Å². The number of aliphatic hydroxyl groups excluding tert-OH is 1. The van der Waals surface area contributed by atoms with Crippen molar-refractivity contribution in [1.82, 2.24) is 14.5 Å². The van der Waals surface area contributed by atoms with Gasteiger partial charge in [0.2, 0.25) is 10.0 Å². The highest BCUT2D eigenvalue weighted by molar-refractivity contribution is 7.89. The van der Waals surface area contributed by atoms with Crippen LogP contribution in [0.15, 0.2) is 76.4 Å². The molecular weight excluding hydrogens is 480 g/mol. The molecule has 1 heterocycles. The lowest BCUT2D eigenvalue weighted by atomic mass is 10.1. The summed E-state index contributed by atoms with van der Waals surface area (Å²) in [4.78, 5) is 12.2. The number of rotatable bonds is 10. The zero-order valence-corrected chi connectivity index (χ0v) is 21.0. The van der Waals surface area contributed by atoms with Gasteiger partial charge in [0.15, 0.2) is 0 Å². The second kappa shape index (κ2) is 10.7. The van der Waals surface area contributed by atoms with Crippen LogP contribution in [0.1, 0.15) is 22.8 Å². The number of hydrogen-bond donors (Lipinski definition) is 3. The predicted octanol–water partition coefficient (Wildman–Crippen LogP) is 1.97. The maximum Gasteiger partial charge on any atom is 0.328 e. The second-order valence-electron chi connectivity index (χ2n) is 8.74. The summed E-state index contributed by atoms with van der Waals surface area (Å²) < 4.78 is 31.5. The van der Waals surface area contributed by atoms with Crippen LogP contribution in [0.3, 0.4) is 0 Å². The molecule has 3 aromatic carbocycles. The fourth-order valence-electron chi connectivity index (χ4n) is 4.02. The lowest BCUT2D eigenvalue weighted by Gasteiger charge is -2.14. The van der Waals surface area contributed by atoms with Crippen molar-refractivity contribution in [3.8, 4) is 5.75 Å². The van der Waals surface area contributed by atoms with E-state index in [9.17, 15) is 18.3 Å². The van der Waals surface area contributed by atoms with Gasteiger partial charge in [-0.1, -0.05) is 30.3 Å². The van der Waals surface area contributed by atoms with Gasteiger partial charge in [0, 0.05) is 20.6 Å². The first-order chi connectivity index (χ1) is 17.1. The van der Waals surface area contributed by atoms with Crippen LogP contribution < -0.4 is 20.9 Å². The van der Waals surface area contributed by atoms with Gasteiger partial charge in [-0.2, -0.15) is 0 Å². The van der Waals surface area contributed by atoms with Gasteiger partial charge in [0.25, 0.3) is 0 Å². The molecule has 4 aromatic rings. The number of ether oxygens (including phenoxy) is 1. The Labute approximate surface area is 209 Å².